The lowest BCUT2D eigenvalue weighted by molar-refractivity contribution is 0.158. The lowest BCUT2D eigenvalue weighted by atomic mass is 10.7. The van der Waals surface area contributed by atoms with Gasteiger partial charge in [-0.05, 0) is 6.92 Å². The van der Waals surface area contributed by atoms with E-state index in [1.165, 1.54) is 0 Å². The van der Waals surface area contributed by atoms with Gasteiger partial charge in [0.1, 0.15) is 0 Å². The summed E-state index contributed by atoms with van der Waals surface area (Å²) in [5.41, 5.74) is 5.31. The van der Waals surface area contributed by atoms with Gasteiger partial charge >= 0.3 is 0 Å². The van der Waals surface area contributed by atoms with Crippen molar-refractivity contribution in [3.05, 3.63) is 0 Å². The fraction of sp³-hybridized carbons (Fsp3) is 0.667. The summed E-state index contributed by atoms with van der Waals surface area (Å²) in [5, 5.41) is 9.25. The Balaban J connectivity index is 2.15. The lowest BCUT2D eigenvalue weighted by Crippen LogP contribution is -2.10. The summed E-state index contributed by atoms with van der Waals surface area (Å²) in [6.07, 6.45) is 0. The monoisotopic (exact) mass is 171 g/mol. The molecule has 0 aliphatic heterocycles. The van der Waals surface area contributed by atoms with Gasteiger partial charge in [-0.25, -0.2) is 5.10 Å². The third kappa shape index (κ3) is 2.75. The highest BCUT2D eigenvalue weighted by Gasteiger charge is 1.96. The van der Waals surface area contributed by atoms with Crippen molar-refractivity contribution in [1.29, 1.82) is 0 Å². The number of nitrogen functional groups attached to an aromatic ring is 1. The smallest absolute Gasteiger partial charge is 0.243 e. The molecule has 1 heterocycles. The Labute approximate surface area is 70.5 Å². The number of hydrogen-bond acceptors (Lipinski definition) is 5. The normalized spacial score (nSPS) is 10.1. The molecule has 0 aliphatic rings. The van der Waals surface area contributed by atoms with Crippen LogP contribution in [-0.2, 0) is 4.74 Å². The van der Waals surface area contributed by atoms with Crippen LogP contribution in [0.1, 0.15) is 6.92 Å². The maximum atomic E-state index is 5.31. The lowest BCUT2D eigenvalue weighted by Gasteiger charge is -2.00. The van der Waals surface area contributed by atoms with E-state index in [0.717, 1.165) is 6.61 Å². The fourth-order valence-electron chi connectivity index (χ4n) is 0.733. The topological polar surface area (TPSA) is 88.8 Å². The van der Waals surface area contributed by atoms with Crippen LogP contribution in [0.2, 0.25) is 0 Å². The van der Waals surface area contributed by atoms with Crippen LogP contribution in [-0.4, -0.2) is 34.9 Å². The molecule has 1 aromatic rings. The van der Waals surface area contributed by atoms with E-state index in [0.29, 0.717) is 25.0 Å². The Kier molecular flexibility index (Phi) is 3.34. The molecule has 6 heteroatoms. The van der Waals surface area contributed by atoms with Crippen LogP contribution < -0.4 is 11.1 Å². The van der Waals surface area contributed by atoms with Gasteiger partial charge in [0.15, 0.2) is 0 Å². The summed E-state index contributed by atoms with van der Waals surface area (Å²) < 4.78 is 5.10. The number of nitrogens with one attached hydrogen (secondary N) is 2. The van der Waals surface area contributed by atoms with Crippen LogP contribution in [0.5, 0.6) is 0 Å². The average molecular weight is 171 g/mol. The number of anilines is 2. The summed E-state index contributed by atoms with van der Waals surface area (Å²) in [6, 6.07) is 0. The van der Waals surface area contributed by atoms with Crippen LogP contribution >= 0.6 is 0 Å². The first-order valence-corrected chi connectivity index (χ1v) is 3.82. The van der Waals surface area contributed by atoms with Crippen molar-refractivity contribution in [2.45, 2.75) is 6.92 Å². The van der Waals surface area contributed by atoms with Crippen LogP contribution in [0.25, 0.3) is 0 Å². The zero-order valence-electron chi connectivity index (χ0n) is 7.00. The number of hydrogen-bond donors (Lipinski definition) is 3. The zero-order chi connectivity index (χ0) is 8.81. The first-order valence-electron chi connectivity index (χ1n) is 3.82. The van der Waals surface area contributed by atoms with Crippen molar-refractivity contribution < 1.29 is 4.74 Å². The van der Waals surface area contributed by atoms with E-state index < -0.39 is 0 Å². The van der Waals surface area contributed by atoms with Gasteiger partial charge in [0.2, 0.25) is 11.9 Å². The second kappa shape index (κ2) is 4.55. The van der Waals surface area contributed by atoms with Gasteiger partial charge < -0.3 is 15.8 Å². The van der Waals surface area contributed by atoms with E-state index in [2.05, 4.69) is 20.5 Å². The van der Waals surface area contributed by atoms with E-state index in [1.807, 2.05) is 6.92 Å². The van der Waals surface area contributed by atoms with Crippen LogP contribution in [0.15, 0.2) is 0 Å². The van der Waals surface area contributed by atoms with Gasteiger partial charge in [0.25, 0.3) is 0 Å². The number of aromatic nitrogens is 3. The minimum absolute atomic E-state index is 0.314. The van der Waals surface area contributed by atoms with Gasteiger partial charge in [-0.1, -0.05) is 0 Å². The molecule has 0 unspecified atom stereocenters. The Bertz CT molecular complexity index is 223. The molecule has 0 atom stereocenters. The third-order valence-corrected chi connectivity index (χ3v) is 1.24. The Morgan fingerprint density at radius 1 is 1.67 bits per heavy atom. The van der Waals surface area contributed by atoms with E-state index in [-0.39, 0.29) is 0 Å². The van der Waals surface area contributed by atoms with Gasteiger partial charge in [0.05, 0.1) is 6.61 Å². The molecule has 1 aromatic heterocycles. The Morgan fingerprint density at radius 3 is 3.08 bits per heavy atom. The number of ether oxygens (including phenoxy) is 1. The van der Waals surface area contributed by atoms with Gasteiger partial charge in [-0.2, -0.15) is 4.98 Å². The van der Waals surface area contributed by atoms with Gasteiger partial charge in [-0.15, -0.1) is 5.10 Å². The summed E-state index contributed by atoms with van der Waals surface area (Å²) in [7, 11) is 0. The van der Waals surface area contributed by atoms with Crippen molar-refractivity contribution in [2.24, 2.45) is 0 Å². The van der Waals surface area contributed by atoms with Crippen molar-refractivity contribution in [2.75, 3.05) is 30.8 Å². The minimum atomic E-state index is 0.314. The number of nitrogens with zero attached hydrogens (tertiary/aromatic N) is 2. The first kappa shape index (κ1) is 8.79. The predicted octanol–water partition coefficient (Wildman–Crippen LogP) is -0.165. The SMILES string of the molecule is CCOCCNc1n[nH]c(N)n1. The molecule has 0 saturated carbocycles. The molecule has 0 aromatic carbocycles. The number of aromatic amines is 1. The molecule has 0 aliphatic carbocycles. The second-order valence-electron chi connectivity index (χ2n) is 2.17. The van der Waals surface area contributed by atoms with E-state index >= 15 is 0 Å². The van der Waals surface area contributed by atoms with Crippen LogP contribution in [0.4, 0.5) is 11.9 Å². The van der Waals surface area contributed by atoms with E-state index in [9.17, 15) is 0 Å². The number of nitrogens with two attached hydrogens (primary N) is 1. The summed E-state index contributed by atoms with van der Waals surface area (Å²) in [4.78, 5) is 3.85. The molecule has 1 rings (SSSR count). The van der Waals surface area contributed by atoms with Gasteiger partial charge in [0, 0.05) is 13.2 Å². The molecule has 4 N–H and O–H groups in total. The highest BCUT2D eigenvalue weighted by molar-refractivity contribution is 5.29. The summed E-state index contributed by atoms with van der Waals surface area (Å²) in [6.45, 7) is 4.00. The molecule has 0 radical (unpaired) electrons. The minimum Gasteiger partial charge on any atom is -0.380 e. The Morgan fingerprint density at radius 2 is 2.50 bits per heavy atom. The molecule has 0 saturated heterocycles. The van der Waals surface area contributed by atoms with Crippen molar-refractivity contribution in [1.82, 2.24) is 15.2 Å². The van der Waals surface area contributed by atoms with Crippen molar-refractivity contribution in [3.8, 4) is 0 Å². The van der Waals surface area contributed by atoms with Gasteiger partial charge in [-0.3, -0.25) is 0 Å². The molecule has 0 bridgehead atoms. The Hall–Kier alpha value is -1.30. The molecule has 6 nitrogen and oxygen atoms in total. The summed E-state index contributed by atoms with van der Waals surface area (Å²) >= 11 is 0. The highest BCUT2D eigenvalue weighted by atomic mass is 16.5. The molecule has 68 valence electrons. The van der Waals surface area contributed by atoms with Crippen molar-refractivity contribution >= 4 is 11.9 Å². The number of rotatable bonds is 5. The fourth-order valence-corrected chi connectivity index (χ4v) is 0.733. The zero-order valence-corrected chi connectivity index (χ0v) is 7.00. The average Bonchev–Trinajstić information content (AvgIpc) is 2.45. The molecular formula is C6H13N5O. The predicted molar refractivity (Wildman–Crippen MR) is 45.8 cm³/mol. The maximum absolute atomic E-state index is 5.31. The molecular weight excluding hydrogens is 158 g/mol. The quantitative estimate of drug-likeness (QED) is 0.535. The van der Waals surface area contributed by atoms with E-state index in [4.69, 9.17) is 10.5 Å². The van der Waals surface area contributed by atoms with Crippen LogP contribution in [0, 0.1) is 0 Å². The van der Waals surface area contributed by atoms with Crippen LogP contribution in [0.3, 0.4) is 0 Å². The molecule has 12 heavy (non-hydrogen) atoms. The third-order valence-electron chi connectivity index (χ3n) is 1.24. The first-order chi connectivity index (χ1) is 5.83. The molecule has 0 spiro atoms. The van der Waals surface area contributed by atoms with E-state index in [1.54, 1.807) is 0 Å². The maximum Gasteiger partial charge on any atom is 0.243 e. The summed E-state index contributed by atoms with van der Waals surface area (Å²) in [5.74, 6) is 0.820. The molecule has 0 amide bonds. The highest BCUT2D eigenvalue weighted by Crippen LogP contribution is 1.97. The molecule has 0 fully saturated rings. The standard InChI is InChI=1S/C6H13N5O/c1-2-12-4-3-8-6-9-5(7)10-11-6/h2-4H2,1H3,(H4,7,8,9,10,11). The number of H-pyrrole nitrogens is 1. The largest absolute Gasteiger partial charge is 0.380 e. The second-order valence-corrected chi connectivity index (χ2v) is 2.17. The van der Waals surface area contributed by atoms with Crippen molar-refractivity contribution in [3.63, 3.8) is 0 Å².